The van der Waals surface area contributed by atoms with E-state index in [1.165, 1.54) is 34.9 Å². The third kappa shape index (κ3) is 4.24. The molecular formula is C18H20N6O7. The Kier molecular flexibility index (Phi) is 6.19. The fourth-order valence-corrected chi connectivity index (χ4v) is 2.45. The molecule has 164 valence electrons. The van der Waals surface area contributed by atoms with Crippen molar-refractivity contribution in [1.82, 2.24) is 10.6 Å². The molecule has 0 unspecified atom stereocenters. The van der Waals surface area contributed by atoms with Gasteiger partial charge in [0.2, 0.25) is 5.91 Å². The maximum absolute atomic E-state index is 12.7. The van der Waals surface area contributed by atoms with Crippen LogP contribution in [0.1, 0.15) is 20.8 Å². The van der Waals surface area contributed by atoms with Crippen molar-refractivity contribution in [2.75, 3.05) is 30.0 Å². The molecular weight excluding hydrogens is 412 g/mol. The number of nitrogens with zero attached hydrogens (tertiary/aromatic N) is 1. The smallest absolute Gasteiger partial charge is 0.319 e. The minimum absolute atomic E-state index is 0.101. The van der Waals surface area contributed by atoms with Crippen LogP contribution in [0.3, 0.4) is 0 Å². The lowest BCUT2D eigenvalue weighted by molar-refractivity contribution is -0.119. The maximum Gasteiger partial charge on any atom is 0.319 e. The lowest BCUT2D eigenvalue weighted by Gasteiger charge is -2.28. The molecule has 0 saturated carbocycles. The lowest BCUT2D eigenvalue weighted by atomic mass is 10.0. The summed E-state index contributed by atoms with van der Waals surface area (Å²) >= 11 is 0. The van der Waals surface area contributed by atoms with Gasteiger partial charge in [-0.1, -0.05) is 0 Å². The van der Waals surface area contributed by atoms with E-state index in [9.17, 15) is 33.6 Å². The van der Waals surface area contributed by atoms with Gasteiger partial charge in [-0.2, -0.15) is 0 Å². The Bertz CT molecular complexity index is 1260. The van der Waals surface area contributed by atoms with Gasteiger partial charge in [-0.3, -0.25) is 28.8 Å². The van der Waals surface area contributed by atoms with Crippen molar-refractivity contribution in [1.29, 1.82) is 0 Å². The molecule has 0 aliphatic rings. The zero-order valence-electron chi connectivity index (χ0n) is 17.3. The Morgan fingerprint density at radius 1 is 0.774 bits per heavy atom. The van der Waals surface area contributed by atoms with Gasteiger partial charge in [-0.05, 0) is 20.8 Å². The summed E-state index contributed by atoms with van der Waals surface area (Å²) in [6.07, 6.45) is 0. The van der Waals surface area contributed by atoms with Crippen LogP contribution >= 0.6 is 0 Å². The normalized spacial score (nSPS) is 11.8. The Labute approximate surface area is 174 Å². The Balaban J connectivity index is 2.27. The molecule has 4 amide bonds. The summed E-state index contributed by atoms with van der Waals surface area (Å²) in [6.45, 7) is 4.00. The second kappa shape index (κ2) is 8.30. The number of hydrogen-bond acceptors (Lipinski definition) is 9. The molecule has 0 aliphatic carbocycles. The number of hydrogen-bond donors (Lipinski definition) is 5. The first-order valence-electron chi connectivity index (χ1n) is 8.88. The number of carbonyl (C=O) groups is 3. The number of rotatable bonds is 7. The van der Waals surface area contributed by atoms with Gasteiger partial charge in [-0.25, -0.2) is 9.79 Å². The van der Waals surface area contributed by atoms with Crippen LogP contribution in [0, 0.1) is 0 Å². The third-order valence-corrected chi connectivity index (χ3v) is 4.34. The van der Waals surface area contributed by atoms with Crippen LogP contribution in [0.25, 0.3) is 0 Å². The molecule has 5 N–H and O–H groups in total. The van der Waals surface area contributed by atoms with Crippen LogP contribution in [0.4, 0.5) is 27.5 Å². The van der Waals surface area contributed by atoms with Crippen molar-refractivity contribution >= 4 is 46.3 Å². The predicted octanol–water partition coefficient (Wildman–Crippen LogP) is -1.70. The summed E-state index contributed by atoms with van der Waals surface area (Å²) in [5, 5.41) is 11.5. The molecule has 0 aromatic heterocycles. The molecule has 0 bridgehead atoms. The first kappa shape index (κ1) is 23.1. The van der Waals surface area contributed by atoms with Gasteiger partial charge in [0.05, 0.1) is 0 Å². The van der Waals surface area contributed by atoms with Crippen molar-refractivity contribution in [2.24, 2.45) is 4.99 Å². The molecule has 2 aromatic rings. The molecule has 0 atom stereocenters. The third-order valence-electron chi connectivity index (χ3n) is 4.34. The van der Waals surface area contributed by atoms with Crippen LogP contribution in [0.15, 0.2) is 24.2 Å². The monoisotopic (exact) mass is 432 g/mol. The Morgan fingerprint density at radius 3 is 1.87 bits per heavy atom. The van der Waals surface area contributed by atoms with Gasteiger partial charge >= 0.3 is 6.03 Å². The molecule has 31 heavy (non-hydrogen) atoms. The lowest BCUT2D eigenvalue weighted by Crippen LogP contribution is -2.50. The van der Waals surface area contributed by atoms with Gasteiger partial charge in [0.25, 0.3) is 27.6 Å². The molecule has 0 heterocycles. The van der Waals surface area contributed by atoms with Gasteiger partial charge < -0.3 is 26.6 Å². The highest BCUT2D eigenvalue weighted by Crippen LogP contribution is 2.23. The average Bonchev–Trinajstić information content (AvgIpc) is 2.76. The van der Waals surface area contributed by atoms with Gasteiger partial charge in [0.15, 0.2) is 0 Å². The molecule has 2 aromatic carbocycles. The number of urea groups is 1. The largest absolute Gasteiger partial charge is 0.367 e. The summed E-state index contributed by atoms with van der Waals surface area (Å²) in [5.41, 5.74) is -6.88. The van der Waals surface area contributed by atoms with Gasteiger partial charge in [0.1, 0.15) is 34.0 Å². The van der Waals surface area contributed by atoms with Crippen molar-refractivity contribution in [3.63, 3.8) is 0 Å². The van der Waals surface area contributed by atoms with E-state index < -0.39 is 50.8 Å². The van der Waals surface area contributed by atoms with E-state index in [-0.39, 0.29) is 22.8 Å². The molecule has 0 spiro atoms. The van der Waals surface area contributed by atoms with E-state index in [0.717, 1.165) is 0 Å². The topological polar surface area (TPSA) is 192 Å². The number of anilines is 3. The van der Waals surface area contributed by atoms with Crippen molar-refractivity contribution in [3.8, 4) is 0 Å². The molecule has 0 saturated heterocycles. The number of nitrogens with one attached hydrogen (secondary N) is 5. The Hall–Kier alpha value is -4.16. The van der Waals surface area contributed by atoms with E-state index in [2.05, 4.69) is 31.6 Å². The van der Waals surface area contributed by atoms with E-state index in [4.69, 9.17) is 0 Å². The van der Waals surface area contributed by atoms with Crippen molar-refractivity contribution < 1.29 is 14.4 Å². The number of aliphatic imine (C=N–C) groups is 1. The molecule has 13 nitrogen and oxygen atoms in total. The summed E-state index contributed by atoms with van der Waals surface area (Å²) in [7, 11) is 2.66. The Morgan fingerprint density at radius 2 is 1.32 bits per heavy atom. The van der Waals surface area contributed by atoms with Crippen molar-refractivity contribution in [2.45, 2.75) is 26.3 Å². The zero-order chi connectivity index (χ0) is 23.7. The van der Waals surface area contributed by atoms with E-state index in [1.807, 2.05) is 0 Å². The summed E-state index contributed by atoms with van der Waals surface area (Å²) in [6, 6.07) is -0.741. The highest BCUT2D eigenvalue weighted by atomic mass is 16.2. The SMILES string of the molecule is CNC(=O)Nc1c(NC(C)(C)C(=O)Nc2c(N=C(C)C(=O)NC)c(=O)c2=O)c(=O)c1=O. The number of carbonyl (C=O) groups excluding carboxylic acids is 3. The summed E-state index contributed by atoms with van der Waals surface area (Å²) in [5.74, 6) is -1.42. The maximum atomic E-state index is 12.7. The molecule has 0 fully saturated rings. The predicted molar refractivity (Wildman–Crippen MR) is 114 cm³/mol. The average molecular weight is 432 g/mol. The fourth-order valence-electron chi connectivity index (χ4n) is 2.45. The van der Waals surface area contributed by atoms with Crippen LogP contribution in [-0.2, 0) is 9.59 Å². The highest BCUT2D eigenvalue weighted by molar-refractivity contribution is 6.38. The van der Waals surface area contributed by atoms with Crippen LogP contribution in [-0.4, -0.2) is 43.2 Å². The second-order valence-electron chi connectivity index (χ2n) is 6.97. The first-order valence-corrected chi connectivity index (χ1v) is 8.88. The highest BCUT2D eigenvalue weighted by Gasteiger charge is 2.35. The van der Waals surface area contributed by atoms with Crippen molar-refractivity contribution in [3.05, 3.63) is 40.9 Å². The molecule has 0 aliphatic heterocycles. The van der Waals surface area contributed by atoms with Gasteiger partial charge in [0, 0.05) is 14.1 Å². The minimum atomic E-state index is -1.56. The second-order valence-corrected chi connectivity index (χ2v) is 6.97. The standard InChI is InChI=1S/C18H20N6O7/c1-6(15(29)19-4)21-7-8(12(26)11(7)25)22-16(30)18(2,3)24-10-9(13(27)14(10)28)23-17(31)20-5/h24H,1-5H3,(H,19,29)(H,22,30)(H2,20,23,31). The summed E-state index contributed by atoms with van der Waals surface area (Å²) < 4.78 is 0. The fraction of sp³-hybridized carbons (Fsp3) is 0.333. The molecule has 0 radical (unpaired) electrons. The van der Waals surface area contributed by atoms with E-state index in [1.54, 1.807) is 0 Å². The zero-order valence-corrected chi connectivity index (χ0v) is 17.3. The van der Waals surface area contributed by atoms with Gasteiger partial charge in [-0.15, -0.1) is 0 Å². The number of amides is 4. The van der Waals surface area contributed by atoms with Crippen LogP contribution in [0.5, 0.6) is 0 Å². The minimum Gasteiger partial charge on any atom is -0.367 e. The van der Waals surface area contributed by atoms with E-state index in [0.29, 0.717) is 0 Å². The van der Waals surface area contributed by atoms with Crippen LogP contribution < -0.4 is 48.3 Å². The van der Waals surface area contributed by atoms with Crippen LogP contribution in [0.2, 0.25) is 0 Å². The van der Waals surface area contributed by atoms with E-state index >= 15 is 0 Å². The molecule has 13 heteroatoms. The summed E-state index contributed by atoms with van der Waals surface area (Å²) in [4.78, 5) is 86.6. The first-order chi connectivity index (χ1) is 14.3. The molecule has 2 rings (SSSR count). The quantitative estimate of drug-likeness (QED) is 0.252.